The van der Waals surface area contributed by atoms with Gasteiger partial charge in [-0.2, -0.15) is 0 Å². The fraction of sp³-hybridized carbons (Fsp3) is 0.125. The molecule has 0 saturated heterocycles. The minimum Gasteiger partial charge on any atom is -0.372 e. The summed E-state index contributed by atoms with van der Waals surface area (Å²) < 4.78 is 1.98. The van der Waals surface area contributed by atoms with Crippen LogP contribution in [-0.2, 0) is 0 Å². The van der Waals surface area contributed by atoms with Crippen molar-refractivity contribution in [3.63, 3.8) is 0 Å². The van der Waals surface area contributed by atoms with Gasteiger partial charge in [-0.25, -0.2) is 4.98 Å². The molecule has 2 aromatic heterocycles. The van der Waals surface area contributed by atoms with Crippen molar-refractivity contribution in [1.29, 1.82) is 0 Å². The van der Waals surface area contributed by atoms with Crippen molar-refractivity contribution in [1.82, 2.24) is 9.38 Å². The number of nitrogens with zero attached hydrogens (tertiary/aromatic N) is 2. The summed E-state index contributed by atoms with van der Waals surface area (Å²) in [4.78, 5) is 4.28. The minimum absolute atomic E-state index is 0. The van der Waals surface area contributed by atoms with Gasteiger partial charge in [0.1, 0.15) is 11.5 Å². The van der Waals surface area contributed by atoms with Crippen LogP contribution >= 0.6 is 24.8 Å². The Balaban J connectivity index is 0.000000720. The maximum Gasteiger partial charge on any atom is 0.145 e. The Bertz CT molecular complexity index is 339. The maximum atomic E-state index is 4.28. The molecule has 72 valence electrons. The van der Waals surface area contributed by atoms with Gasteiger partial charge in [-0.3, -0.25) is 0 Å². The van der Waals surface area contributed by atoms with Crippen molar-refractivity contribution >= 4 is 36.3 Å². The lowest BCUT2D eigenvalue weighted by Crippen LogP contribution is -1.85. The van der Waals surface area contributed by atoms with E-state index < -0.39 is 0 Å². The van der Waals surface area contributed by atoms with E-state index in [9.17, 15) is 0 Å². The quantitative estimate of drug-likeness (QED) is 0.798. The van der Waals surface area contributed by atoms with E-state index in [4.69, 9.17) is 0 Å². The van der Waals surface area contributed by atoms with E-state index in [1.54, 1.807) is 0 Å². The summed E-state index contributed by atoms with van der Waals surface area (Å²) >= 11 is 0. The number of rotatable bonds is 1. The van der Waals surface area contributed by atoms with Crippen molar-refractivity contribution in [3.8, 4) is 0 Å². The minimum atomic E-state index is 0. The van der Waals surface area contributed by atoms with E-state index in [2.05, 4.69) is 10.3 Å². The zero-order chi connectivity index (χ0) is 7.68. The second-order valence-corrected chi connectivity index (χ2v) is 2.34. The molecule has 0 aliphatic heterocycles. The highest BCUT2D eigenvalue weighted by Gasteiger charge is 1.95. The topological polar surface area (TPSA) is 29.3 Å². The number of aromatic nitrogens is 2. The maximum absolute atomic E-state index is 4.28. The zero-order valence-electron chi connectivity index (χ0n) is 7.10. The van der Waals surface area contributed by atoms with Crippen LogP contribution in [0.25, 0.3) is 5.65 Å². The third kappa shape index (κ3) is 2.26. The summed E-state index contributed by atoms with van der Waals surface area (Å²) in [7, 11) is 1.86. The monoisotopic (exact) mass is 219 g/mol. The van der Waals surface area contributed by atoms with E-state index in [0.717, 1.165) is 11.5 Å². The lowest BCUT2D eigenvalue weighted by atomic mass is 10.5. The Kier molecular flexibility index (Phi) is 4.59. The van der Waals surface area contributed by atoms with E-state index in [1.165, 1.54) is 0 Å². The van der Waals surface area contributed by atoms with Crippen LogP contribution in [0.4, 0.5) is 5.82 Å². The summed E-state index contributed by atoms with van der Waals surface area (Å²) in [6.07, 6.45) is 3.93. The molecule has 5 heteroatoms. The van der Waals surface area contributed by atoms with E-state index in [-0.39, 0.29) is 24.8 Å². The molecule has 0 bridgehead atoms. The number of imidazole rings is 1. The molecule has 0 spiro atoms. The Labute approximate surface area is 89.0 Å². The second kappa shape index (κ2) is 4.94. The highest BCUT2D eigenvalue weighted by molar-refractivity contribution is 5.85. The molecular weight excluding hydrogens is 209 g/mol. The zero-order valence-corrected chi connectivity index (χ0v) is 8.73. The van der Waals surface area contributed by atoms with Crippen molar-refractivity contribution in [2.24, 2.45) is 0 Å². The van der Waals surface area contributed by atoms with Gasteiger partial charge in [0.2, 0.25) is 0 Å². The standard InChI is InChI=1S/C8H9N3.2ClH/c1-9-7-6-11-5-3-2-4-8(11)10-7;;/h2-6,9H,1H3;2*1H. The van der Waals surface area contributed by atoms with E-state index in [0.29, 0.717) is 0 Å². The van der Waals surface area contributed by atoms with Gasteiger partial charge in [0.25, 0.3) is 0 Å². The Hall–Kier alpha value is -0.930. The molecule has 0 atom stereocenters. The second-order valence-electron chi connectivity index (χ2n) is 2.34. The first-order valence-corrected chi connectivity index (χ1v) is 3.51. The summed E-state index contributed by atoms with van der Waals surface area (Å²) in [5.74, 6) is 0.899. The van der Waals surface area contributed by atoms with Crippen molar-refractivity contribution < 1.29 is 0 Å². The lowest BCUT2D eigenvalue weighted by molar-refractivity contribution is 1.19. The Morgan fingerprint density at radius 1 is 1.31 bits per heavy atom. The molecule has 2 heterocycles. The summed E-state index contributed by atoms with van der Waals surface area (Å²) in [5.41, 5.74) is 0.969. The van der Waals surface area contributed by atoms with Crippen LogP contribution in [0.3, 0.4) is 0 Å². The fourth-order valence-electron chi connectivity index (χ4n) is 1.06. The van der Waals surface area contributed by atoms with Gasteiger partial charge in [-0.05, 0) is 12.1 Å². The number of anilines is 1. The van der Waals surface area contributed by atoms with Gasteiger partial charge in [0.15, 0.2) is 0 Å². The Morgan fingerprint density at radius 2 is 2.08 bits per heavy atom. The van der Waals surface area contributed by atoms with Gasteiger partial charge in [-0.15, -0.1) is 24.8 Å². The Morgan fingerprint density at radius 3 is 2.69 bits per heavy atom. The predicted molar refractivity (Wildman–Crippen MR) is 59.2 cm³/mol. The molecule has 3 nitrogen and oxygen atoms in total. The van der Waals surface area contributed by atoms with Crippen LogP contribution in [0.1, 0.15) is 0 Å². The average Bonchev–Trinajstić information content (AvgIpc) is 2.46. The van der Waals surface area contributed by atoms with Crippen molar-refractivity contribution in [2.45, 2.75) is 0 Å². The van der Waals surface area contributed by atoms with E-state index >= 15 is 0 Å². The van der Waals surface area contributed by atoms with E-state index in [1.807, 2.05) is 42.0 Å². The van der Waals surface area contributed by atoms with Crippen LogP contribution in [0, 0.1) is 0 Å². The molecule has 0 fully saturated rings. The highest BCUT2D eigenvalue weighted by atomic mass is 35.5. The summed E-state index contributed by atoms with van der Waals surface area (Å²) in [6.45, 7) is 0. The van der Waals surface area contributed by atoms with Gasteiger partial charge in [0.05, 0.1) is 6.20 Å². The number of hydrogen-bond acceptors (Lipinski definition) is 2. The molecule has 0 radical (unpaired) electrons. The fourth-order valence-corrected chi connectivity index (χ4v) is 1.06. The highest BCUT2D eigenvalue weighted by Crippen LogP contribution is 2.07. The number of halogens is 2. The van der Waals surface area contributed by atoms with Gasteiger partial charge < -0.3 is 9.72 Å². The number of nitrogens with one attached hydrogen (secondary N) is 1. The SMILES string of the molecule is CNc1cn2ccccc2n1.Cl.Cl. The first-order chi connectivity index (χ1) is 5.40. The molecule has 0 aliphatic rings. The van der Waals surface area contributed by atoms with Crippen LogP contribution in [0.5, 0.6) is 0 Å². The van der Waals surface area contributed by atoms with Crippen molar-refractivity contribution in [2.75, 3.05) is 12.4 Å². The van der Waals surface area contributed by atoms with Crippen LogP contribution < -0.4 is 5.32 Å². The molecule has 13 heavy (non-hydrogen) atoms. The lowest BCUT2D eigenvalue weighted by Gasteiger charge is -1.86. The molecule has 0 aromatic carbocycles. The first-order valence-electron chi connectivity index (χ1n) is 3.51. The summed E-state index contributed by atoms with van der Waals surface area (Å²) in [6, 6.07) is 5.93. The molecule has 0 amide bonds. The van der Waals surface area contributed by atoms with Gasteiger partial charge >= 0.3 is 0 Å². The predicted octanol–water partition coefficient (Wildman–Crippen LogP) is 2.22. The molecule has 0 aliphatic carbocycles. The molecule has 2 aromatic rings. The average molecular weight is 220 g/mol. The third-order valence-electron chi connectivity index (χ3n) is 1.62. The van der Waals surface area contributed by atoms with Crippen LogP contribution in [-0.4, -0.2) is 16.4 Å². The number of pyridine rings is 1. The van der Waals surface area contributed by atoms with Crippen LogP contribution in [0.15, 0.2) is 30.6 Å². The van der Waals surface area contributed by atoms with Gasteiger partial charge in [0, 0.05) is 13.2 Å². The van der Waals surface area contributed by atoms with Crippen LogP contribution in [0.2, 0.25) is 0 Å². The molecule has 0 unspecified atom stereocenters. The number of fused-ring (bicyclic) bond motifs is 1. The number of hydrogen-bond donors (Lipinski definition) is 1. The smallest absolute Gasteiger partial charge is 0.145 e. The molecule has 2 rings (SSSR count). The van der Waals surface area contributed by atoms with Crippen molar-refractivity contribution in [3.05, 3.63) is 30.6 Å². The normalized spacial score (nSPS) is 8.69. The van der Waals surface area contributed by atoms with Gasteiger partial charge in [-0.1, -0.05) is 6.07 Å². The first kappa shape index (κ1) is 12.1. The third-order valence-corrected chi connectivity index (χ3v) is 1.62. The summed E-state index contributed by atoms with van der Waals surface area (Å²) in [5, 5.41) is 2.98. The molecular formula is C8H11Cl2N3. The molecule has 0 saturated carbocycles. The largest absolute Gasteiger partial charge is 0.372 e. The molecule has 1 N–H and O–H groups in total.